The zero-order chi connectivity index (χ0) is 19.1. The van der Waals surface area contributed by atoms with Gasteiger partial charge in [-0.3, -0.25) is 4.79 Å². The number of nitrogens with two attached hydrogens (primary N) is 1. The van der Waals surface area contributed by atoms with E-state index in [0.29, 0.717) is 16.8 Å². The highest BCUT2D eigenvalue weighted by Crippen LogP contribution is 2.46. The van der Waals surface area contributed by atoms with Crippen LogP contribution in [-0.2, 0) is 10.8 Å². The van der Waals surface area contributed by atoms with Crippen molar-refractivity contribution in [3.05, 3.63) is 64.7 Å². The fraction of sp³-hybridized carbons (Fsp3) is 0.364. The fourth-order valence-corrected chi connectivity index (χ4v) is 3.67. The maximum Gasteiger partial charge on any atom is 0.272 e. The number of nitrogens with zero attached hydrogens (tertiary/aromatic N) is 2. The molecule has 0 unspecified atom stereocenters. The minimum absolute atomic E-state index is 0.0548. The van der Waals surface area contributed by atoms with Crippen LogP contribution in [0.5, 0.6) is 0 Å². The highest BCUT2D eigenvalue weighted by atomic mass is 16.2. The Kier molecular flexibility index (Phi) is 4.37. The second-order valence-electron chi connectivity index (χ2n) is 8.36. The summed E-state index contributed by atoms with van der Waals surface area (Å²) in [5.74, 6) is 5.86. The molecule has 3 rings (SSSR count). The van der Waals surface area contributed by atoms with Gasteiger partial charge in [0, 0.05) is 5.56 Å². The van der Waals surface area contributed by atoms with Crippen LogP contribution in [0.4, 0.5) is 5.69 Å². The number of rotatable bonds is 2. The highest BCUT2D eigenvalue weighted by molar-refractivity contribution is 6.05. The Hall–Kier alpha value is -2.64. The molecule has 0 aromatic heterocycles. The van der Waals surface area contributed by atoms with Crippen molar-refractivity contribution < 1.29 is 4.79 Å². The Morgan fingerprint density at radius 3 is 2.15 bits per heavy atom. The van der Waals surface area contributed by atoms with Gasteiger partial charge in [0.25, 0.3) is 5.91 Å². The van der Waals surface area contributed by atoms with Crippen LogP contribution in [0.25, 0.3) is 0 Å². The second kappa shape index (κ2) is 6.26. The van der Waals surface area contributed by atoms with Gasteiger partial charge in [0.15, 0.2) is 0 Å². The smallest absolute Gasteiger partial charge is 0.267 e. The third-order valence-electron chi connectivity index (χ3n) is 5.59. The van der Waals surface area contributed by atoms with Crippen molar-refractivity contribution in [3.63, 3.8) is 0 Å². The molecule has 0 aliphatic heterocycles. The molecule has 2 N–H and O–H groups in total. The lowest BCUT2D eigenvalue weighted by Gasteiger charge is -2.42. The maximum absolute atomic E-state index is 12.7. The van der Waals surface area contributed by atoms with E-state index in [1.807, 2.05) is 12.1 Å². The van der Waals surface area contributed by atoms with Crippen molar-refractivity contribution in [1.82, 2.24) is 0 Å². The Morgan fingerprint density at radius 2 is 1.58 bits per heavy atom. The van der Waals surface area contributed by atoms with E-state index in [4.69, 9.17) is 11.1 Å². The first-order valence-corrected chi connectivity index (χ1v) is 8.90. The predicted octanol–water partition coefficient (Wildman–Crippen LogP) is 4.43. The van der Waals surface area contributed by atoms with Gasteiger partial charge in [-0.05, 0) is 71.2 Å². The van der Waals surface area contributed by atoms with Crippen LogP contribution in [0.2, 0.25) is 0 Å². The minimum Gasteiger partial charge on any atom is -0.267 e. The largest absolute Gasteiger partial charge is 0.272 e. The molecule has 1 amide bonds. The second-order valence-corrected chi connectivity index (χ2v) is 8.36. The third kappa shape index (κ3) is 3.11. The van der Waals surface area contributed by atoms with Crippen molar-refractivity contribution in [3.8, 4) is 6.07 Å². The Morgan fingerprint density at radius 1 is 1.00 bits per heavy atom. The van der Waals surface area contributed by atoms with Crippen LogP contribution in [0.15, 0.2) is 42.5 Å². The van der Waals surface area contributed by atoms with Crippen molar-refractivity contribution in [2.24, 2.45) is 5.84 Å². The molecule has 0 heterocycles. The molecule has 0 atom stereocenters. The molecular formula is C22H25N3O. The summed E-state index contributed by atoms with van der Waals surface area (Å²) in [6, 6.07) is 14.6. The Labute approximate surface area is 155 Å². The molecule has 4 nitrogen and oxygen atoms in total. The van der Waals surface area contributed by atoms with Gasteiger partial charge < -0.3 is 0 Å². The minimum atomic E-state index is -0.290. The topological polar surface area (TPSA) is 70.1 Å². The lowest BCUT2D eigenvalue weighted by atomic mass is 9.63. The lowest BCUT2D eigenvalue weighted by Crippen LogP contribution is -2.39. The molecule has 4 heteroatoms. The van der Waals surface area contributed by atoms with E-state index in [2.05, 4.69) is 39.8 Å². The van der Waals surface area contributed by atoms with E-state index >= 15 is 0 Å². The maximum atomic E-state index is 12.7. The average molecular weight is 347 g/mol. The number of fused-ring (bicyclic) bond motifs is 1. The molecule has 0 bridgehead atoms. The zero-order valence-electron chi connectivity index (χ0n) is 15.8. The summed E-state index contributed by atoms with van der Waals surface area (Å²) < 4.78 is 0. The van der Waals surface area contributed by atoms with Gasteiger partial charge in [-0.25, -0.2) is 10.9 Å². The number of anilines is 1. The van der Waals surface area contributed by atoms with Crippen molar-refractivity contribution in [1.29, 1.82) is 5.26 Å². The van der Waals surface area contributed by atoms with Crippen molar-refractivity contribution >= 4 is 11.6 Å². The molecule has 0 spiro atoms. The monoisotopic (exact) mass is 347 g/mol. The number of carbonyl (C=O) groups is 1. The Bertz CT molecular complexity index is 889. The van der Waals surface area contributed by atoms with Gasteiger partial charge in [-0.1, -0.05) is 33.8 Å². The van der Waals surface area contributed by atoms with E-state index in [1.54, 1.807) is 24.3 Å². The molecule has 26 heavy (non-hydrogen) atoms. The van der Waals surface area contributed by atoms with Crippen LogP contribution in [0, 0.1) is 11.3 Å². The SMILES string of the molecule is CC1(C)CCC(C)(C)c2cc(N(N)C(=O)c3ccc(C#N)cc3)ccc21. The van der Waals surface area contributed by atoms with Crippen molar-refractivity contribution in [2.75, 3.05) is 5.01 Å². The predicted molar refractivity (Wildman–Crippen MR) is 104 cm³/mol. The molecule has 2 aromatic carbocycles. The molecule has 1 aliphatic rings. The third-order valence-corrected chi connectivity index (χ3v) is 5.59. The summed E-state index contributed by atoms with van der Waals surface area (Å²) in [4.78, 5) is 12.7. The quantitative estimate of drug-likeness (QED) is 0.496. The number of hydrogen-bond acceptors (Lipinski definition) is 3. The lowest BCUT2D eigenvalue weighted by molar-refractivity contribution is 0.0987. The van der Waals surface area contributed by atoms with Gasteiger partial charge in [0.2, 0.25) is 0 Å². The van der Waals surface area contributed by atoms with Crippen LogP contribution >= 0.6 is 0 Å². The van der Waals surface area contributed by atoms with Crippen LogP contribution in [-0.4, -0.2) is 5.91 Å². The summed E-state index contributed by atoms with van der Waals surface area (Å²) in [5.41, 5.74) is 4.43. The summed E-state index contributed by atoms with van der Waals surface area (Å²) in [5, 5.41) is 10.1. The molecule has 1 aliphatic carbocycles. The molecule has 2 aromatic rings. The Balaban J connectivity index is 1.97. The zero-order valence-corrected chi connectivity index (χ0v) is 15.8. The number of carbonyl (C=O) groups excluding carboxylic acids is 1. The number of amides is 1. The van der Waals surface area contributed by atoms with Crippen molar-refractivity contribution in [2.45, 2.75) is 51.4 Å². The molecule has 0 saturated carbocycles. The van der Waals surface area contributed by atoms with Gasteiger partial charge >= 0.3 is 0 Å². The van der Waals surface area contributed by atoms with Crippen LogP contribution in [0.1, 0.15) is 67.6 Å². The normalized spacial score (nSPS) is 17.1. The molecule has 0 saturated heterocycles. The molecule has 0 fully saturated rings. The van der Waals surface area contributed by atoms with E-state index in [-0.39, 0.29) is 16.7 Å². The van der Waals surface area contributed by atoms with E-state index in [0.717, 1.165) is 12.8 Å². The first-order valence-electron chi connectivity index (χ1n) is 8.90. The van der Waals surface area contributed by atoms with Gasteiger partial charge in [0.1, 0.15) is 0 Å². The van der Waals surface area contributed by atoms with Gasteiger partial charge in [-0.2, -0.15) is 5.26 Å². The number of nitriles is 1. The van der Waals surface area contributed by atoms with E-state index < -0.39 is 0 Å². The summed E-state index contributed by atoms with van der Waals surface area (Å²) >= 11 is 0. The van der Waals surface area contributed by atoms with Gasteiger partial charge in [0.05, 0.1) is 17.3 Å². The highest BCUT2D eigenvalue weighted by Gasteiger charge is 2.37. The molecule has 0 radical (unpaired) electrons. The number of hydrogen-bond donors (Lipinski definition) is 1. The first kappa shape index (κ1) is 18.2. The number of hydrazine groups is 1. The molecular weight excluding hydrogens is 322 g/mol. The summed E-state index contributed by atoms with van der Waals surface area (Å²) in [6.07, 6.45) is 2.24. The fourth-order valence-electron chi connectivity index (χ4n) is 3.67. The van der Waals surface area contributed by atoms with E-state index in [9.17, 15) is 4.79 Å². The van der Waals surface area contributed by atoms with E-state index in [1.165, 1.54) is 16.1 Å². The van der Waals surface area contributed by atoms with Crippen LogP contribution < -0.4 is 10.9 Å². The molecule has 134 valence electrons. The van der Waals surface area contributed by atoms with Crippen LogP contribution in [0.3, 0.4) is 0 Å². The standard InChI is InChI=1S/C22H25N3O/c1-21(2)11-12-22(3,4)19-13-17(9-10-18(19)21)25(24)20(26)16-7-5-15(14-23)6-8-16/h5-10,13H,11-12,24H2,1-4H3. The average Bonchev–Trinajstić information content (AvgIpc) is 2.64. The van der Waals surface area contributed by atoms with Gasteiger partial charge in [-0.15, -0.1) is 0 Å². The first-order chi connectivity index (χ1) is 12.2. The summed E-state index contributed by atoms with van der Waals surface area (Å²) in [7, 11) is 0. The summed E-state index contributed by atoms with van der Waals surface area (Å²) in [6.45, 7) is 9.02. The number of benzene rings is 2.